The molecule has 0 atom stereocenters. The third-order valence-corrected chi connectivity index (χ3v) is 5.61. The minimum Gasteiger partial charge on any atom is -0.493 e. The largest absolute Gasteiger partial charge is 0.493 e. The van der Waals surface area contributed by atoms with Gasteiger partial charge in [0.1, 0.15) is 0 Å². The van der Waals surface area contributed by atoms with Gasteiger partial charge in [-0.2, -0.15) is 0 Å². The topological polar surface area (TPSA) is 80.9 Å². The van der Waals surface area contributed by atoms with Gasteiger partial charge in [0.25, 0.3) is 0 Å². The fourth-order valence-corrected chi connectivity index (χ4v) is 3.83. The van der Waals surface area contributed by atoms with E-state index in [0.717, 1.165) is 67.9 Å². The van der Waals surface area contributed by atoms with Crippen LogP contribution in [0.15, 0.2) is 30.5 Å². The molecule has 2 N–H and O–H groups in total. The maximum atomic E-state index is 12.8. The molecule has 3 rings (SSSR count). The van der Waals surface area contributed by atoms with Gasteiger partial charge >= 0.3 is 0 Å². The zero-order chi connectivity index (χ0) is 21.5. The number of amides is 1. The van der Waals surface area contributed by atoms with Crippen molar-refractivity contribution in [3.05, 3.63) is 47.3 Å². The van der Waals surface area contributed by atoms with E-state index in [1.165, 1.54) is 0 Å². The number of nitrogen functional groups attached to an aromatic ring is 1. The number of rotatable bonds is 9. The molecule has 0 aliphatic carbocycles. The molecular weight excluding hydrogens is 380 g/mol. The molecular formula is C23H32N4O3. The summed E-state index contributed by atoms with van der Waals surface area (Å²) in [6, 6.07) is 7.66. The Hall–Kier alpha value is -2.80. The summed E-state index contributed by atoms with van der Waals surface area (Å²) in [5.41, 5.74) is 9.77. The van der Waals surface area contributed by atoms with E-state index in [1.54, 1.807) is 26.5 Å². The zero-order valence-corrected chi connectivity index (χ0v) is 18.2. The van der Waals surface area contributed by atoms with Crippen molar-refractivity contribution in [2.75, 3.05) is 53.2 Å². The summed E-state index contributed by atoms with van der Waals surface area (Å²) < 4.78 is 10.8. The molecule has 1 aliphatic rings. The quantitative estimate of drug-likeness (QED) is 0.680. The first kappa shape index (κ1) is 21.9. The number of ether oxygens (including phenoxy) is 2. The van der Waals surface area contributed by atoms with E-state index < -0.39 is 0 Å². The van der Waals surface area contributed by atoms with Gasteiger partial charge in [0.2, 0.25) is 5.91 Å². The maximum absolute atomic E-state index is 12.8. The van der Waals surface area contributed by atoms with Gasteiger partial charge in [-0.3, -0.25) is 9.78 Å². The molecule has 2 heterocycles. The molecule has 0 bridgehead atoms. The third kappa shape index (κ3) is 5.63. The molecule has 7 heteroatoms. The summed E-state index contributed by atoms with van der Waals surface area (Å²) >= 11 is 0. The molecule has 0 unspecified atom stereocenters. The van der Waals surface area contributed by atoms with Gasteiger partial charge in [-0.25, -0.2) is 0 Å². The average molecular weight is 413 g/mol. The van der Waals surface area contributed by atoms with E-state index in [4.69, 9.17) is 15.2 Å². The molecule has 7 nitrogen and oxygen atoms in total. The van der Waals surface area contributed by atoms with Gasteiger partial charge in [0.15, 0.2) is 11.5 Å². The van der Waals surface area contributed by atoms with Crippen molar-refractivity contribution in [3.63, 3.8) is 0 Å². The van der Waals surface area contributed by atoms with Gasteiger partial charge in [-0.1, -0.05) is 0 Å². The van der Waals surface area contributed by atoms with Crippen molar-refractivity contribution in [2.24, 2.45) is 0 Å². The highest BCUT2D eigenvalue weighted by Gasteiger charge is 2.22. The predicted octanol–water partition coefficient (Wildman–Crippen LogP) is 2.17. The van der Waals surface area contributed by atoms with E-state index in [2.05, 4.69) is 16.9 Å². The lowest BCUT2D eigenvalue weighted by Crippen LogP contribution is -2.35. The average Bonchev–Trinajstić information content (AvgIpc) is 2.89. The predicted molar refractivity (Wildman–Crippen MR) is 118 cm³/mol. The summed E-state index contributed by atoms with van der Waals surface area (Å²) in [6.45, 7) is 3.34. The van der Waals surface area contributed by atoms with Crippen LogP contribution in [-0.2, 0) is 24.1 Å². The normalized spacial score (nSPS) is 13.9. The van der Waals surface area contributed by atoms with Gasteiger partial charge in [0, 0.05) is 43.6 Å². The fraction of sp³-hybridized carbons (Fsp3) is 0.478. The lowest BCUT2D eigenvalue weighted by Gasteiger charge is -2.22. The molecule has 162 valence electrons. The molecule has 0 saturated heterocycles. The van der Waals surface area contributed by atoms with E-state index in [9.17, 15) is 4.79 Å². The van der Waals surface area contributed by atoms with Crippen LogP contribution >= 0.6 is 0 Å². The molecule has 0 fully saturated rings. The molecule has 0 radical (unpaired) electrons. The number of nitrogens with two attached hydrogens (primary N) is 1. The lowest BCUT2D eigenvalue weighted by atomic mass is 10.0. The number of aromatic nitrogens is 1. The first-order valence-corrected chi connectivity index (χ1v) is 10.4. The summed E-state index contributed by atoms with van der Waals surface area (Å²) in [7, 11) is 5.36. The number of methoxy groups -OCH3 is 2. The van der Waals surface area contributed by atoms with Crippen LogP contribution in [0.1, 0.15) is 23.2 Å². The number of carbonyl (C=O) groups excluding carboxylic acids is 1. The lowest BCUT2D eigenvalue weighted by molar-refractivity contribution is -0.130. The zero-order valence-electron chi connectivity index (χ0n) is 18.2. The van der Waals surface area contributed by atoms with Crippen LogP contribution < -0.4 is 15.2 Å². The van der Waals surface area contributed by atoms with Gasteiger partial charge in [0.05, 0.1) is 20.6 Å². The smallest absolute Gasteiger partial charge is 0.227 e. The highest BCUT2D eigenvalue weighted by Crippen LogP contribution is 2.32. The van der Waals surface area contributed by atoms with Crippen molar-refractivity contribution in [3.8, 4) is 11.5 Å². The number of carbonyl (C=O) groups is 1. The SMILES string of the molecule is COc1cc2c(cc1OC)CC(=O)N(CCCN(C)CCc1cc(N)ccn1)CC2. The number of benzene rings is 1. The number of fused-ring (bicyclic) bond motifs is 1. The van der Waals surface area contributed by atoms with Crippen LogP contribution in [0.5, 0.6) is 11.5 Å². The Morgan fingerprint density at radius 2 is 1.87 bits per heavy atom. The Balaban J connectivity index is 1.48. The van der Waals surface area contributed by atoms with Gasteiger partial charge in [-0.15, -0.1) is 0 Å². The van der Waals surface area contributed by atoms with E-state index in [1.807, 2.05) is 23.1 Å². The maximum Gasteiger partial charge on any atom is 0.227 e. The van der Waals surface area contributed by atoms with Crippen LogP contribution in [0.25, 0.3) is 0 Å². The van der Waals surface area contributed by atoms with Crippen LogP contribution in [0, 0.1) is 0 Å². The highest BCUT2D eigenvalue weighted by atomic mass is 16.5. The summed E-state index contributed by atoms with van der Waals surface area (Å²) in [6.07, 6.45) is 4.79. The second-order valence-electron chi connectivity index (χ2n) is 7.77. The van der Waals surface area contributed by atoms with Gasteiger partial charge in [-0.05, 0) is 61.8 Å². The van der Waals surface area contributed by atoms with E-state index in [0.29, 0.717) is 17.9 Å². The third-order valence-electron chi connectivity index (χ3n) is 5.61. The van der Waals surface area contributed by atoms with Crippen molar-refractivity contribution in [2.45, 2.75) is 25.7 Å². The standard InChI is InChI=1S/C23H32N4O3/c1-26(11-7-20-16-19(24)5-8-25-20)9-4-10-27-12-6-17-13-21(29-2)22(30-3)14-18(17)15-23(27)28/h5,8,13-14,16H,4,6-7,9-12,15H2,1-3H3,(H2,24,25). The van der Waals surface area contributed by atoms with Crippen LogP contribution in [0.4, 0.5) is 5.69 Å². The van der Waals surface area contributed by atoms with Crippen molar-refractivity contribution in [1.29, 1.82) is 0 Å². The molecule has 1 aliphatic heterocycles. The Bertz CT molecular complexity index is 872. The number of hydrogen-bond donors (Lipinski definition) is 1. The molecule has 1 aromatic carbocycles. The molecule has 1 aromatic heterocycles. The minimum absolute atomic E-state index is 0.174. The van der Waals surface area contributed by atoms with Gasteiger partial charge < -0.3 is 25.0 Å². The molecule has 30 heavy (non-hydrogen) atoms. The van der Waals surface area contributed by atoms with Crippen LogP contribution in [0.3, 0.4) is 0 Å². The number of anilines is 1. The Kier molecular flexibility index (Phi) is 7.52. The summed E-state index contributed by atoms with van der Waals surface area (Å²) in [5, 5.41) is 0. The minimum atomic E-state index is 0.174. The Morgan fingerprint density at radius 3 is 2.57 bits per heavy atom. The van der Waals surface area contributed by atoms with Crippen molar-refractivity contribution in [1.82, 2.24) is 14.8 Å². The van der Waals surface area contributed by atoms with Crippen LogP contribution in [-0.4, -0.2) is 68.1 Å². The second-order valence-corrected chi connectivity index (χ2v) is 7.77. The second kappa shape index (κ2) is 10.3. The number of likely N-dealkylation sites (N-methyl/N-ethyl adjacent to an activating group) is 1. The van der Waals surface area contributed by atoms with E-state index in [-0.39, 0.29) is 5.91 Å². The Morgan fingerprint density at radius 1 is 1.13 bits per heavy atom. The van der Waals surface area contributed by atoms with E-state index >= 15 is 0 Å². The number of pyridine rings is 1. The van der Waals surface area contributed by atoms with Crippen molar-refractivity contribution < 1.29 is 14.3 Å². The molecule has 0 saturated carbocycles. The first-order valence-electron chi connectivity index (χ1n) is 10.4. The first-order chi connectivity index (χ1) is 14.5. The monoisotopic (exact) mass is 412 g/mol. The van der Waals surface area contributed by atoms with Crippen molar-refractivity contribution >= 4 is 11.6 Å². The fourth-order valence-electron chi connectivity index (χ4n) is 3.83. The summed E-state index contributed by atoms with van der Waals surface area (Å²) in [5.74, 6) is 1.56. The molecule has 1 amide bonds. The Labute approximate surface area is 178 Å². The summed E-state index contributed by atoms with van der Waals surface area (Å²) in [4.78, 5) is 21.4. The highest BCUT2D eigenvalue weighted by molar-refractivity contribution is 5.80. The molecule has 0 spiro atoms. The molecule has 2 aromatic rings. The van der Waals surface area contributed by atoms with Crippen LogP contribution in [0.2, 0.25) is 0 Å². The number of nitrogens with zero attached hydrogens (tertiary/aromatic N) is 3. The number of hydrogen-bond acceptors (Lipinski definition) is 6.